The Labute approximate surface area is 195 Å². The van der Waals surface area contributed by atoms with E-state index in [1.54, 1.807) is 30.6 Å². The number of H-pyrrole nitrogens is 1. The molecule has 4 heterocycles. The maximum atomic E-state index is 14.4. The summed E-state index contributed by atoms with van der Waals surface area (Å²) in [5.74, 6) is -0.629. The molecule has 4 aromatic heterocycles. The van der Waals surface area contributed by atoms with Crippen molar-refractivity contribution in [1.29, 1.82) is 0 Å². The molecule has 5 rings (SSSR count). The van der Waals surface area contributed by atoms with Crippen molar-refractivity contribution in [3.63, 3.8) is 0 Å². The Kier molecular flexibility index (Phi) is 5.86. The zero-order valence-electron chi connectivity index (χ0n) is 18.6. The van der Waals surface area contributed by atoms with E-state index < -0.39 is 0 Å². The minimum Gasteiger partial charge on any atom is -0.361 e. The normalized spacial score (nSPS) is 11.1. The Bertz CT molecular complexity index is 1440. The molecule has 8 heteroatoms. The molecule has 0 atom stereocenters. The van der Waals surface area contributed by atoms with Crippen molar-refractivity contribution in [3.05, 3.63) is 113 Å². The van der Waals surface area contributed by atoms with Crippen LogP contribution in [0.2, 0.25) is 0 Å². The van der Waals surface area contributed by atoms with Crippen LogP contribution in [-0.2, 0) is 19.5 Å². The Balaban J connectivity index is 1.23. The van der Waals surface area contributed by atoms with Crippen LogP contribution in [0.5, 0.6) is 0 Å². The van der Waals surface area contributed by atoms with Crippen LogP contribution in [0.25, 0.3) is 10.9 Å². The number of pyridine rings is 2. The summed E-state index contributed by atoms with van der Waals surface area (Å²) in [6.45, 7) is 2.67. The van der Waals surface area contributed by atoms with Gasteiger partial charge in [0.2, 0.25) is 0 Å². The molecule has 0 aliphatic heterocycles. The van der Waals surface area contributed by atoms with Crippen molar-refractivity contribution in [2.75, 3.05) is 0 Å². The molecule has 0 radical (unpaired) electrons. The average Bonchev–Trinajstić information content (AvgIpc) is 3.48. The summed E-state index contributed by atoms with van der Waals surface area (Å²) in [5.41, 5.74) is 5.36. The Hall–Kier alpha value is -4.33. The van der Waals surface area contributed by atoms with Crippen LogP contribution < -0.4 is 5.32 Å². The first-order valence-corrected chi connectivity index (χ1v) is 11.0. The molecule has 5 aromatic rings. The maximum absolute atomic E-state index is 14.4. The number of aromatic amines is 1. The summed E-state index contributed by atoms with van der Waals surface area (Å²) in [4.78, 5) is 24.6. The van der Waals surface area contributed by atoms with Gasteiger partial charge in [-0.3, -0.25) is 19.4 Å². The van der Waals surface area contributed by atoms with Gasteiger partial charge in [0.25, 0.3) is 5.91 Å². The minimum atomic E-state index is -0.353. The zero-order valence-corrected chi connectivity index (χ0v) is 18.6. The summed E-state index contributed by atoms with van der Waals surface area (Å²) in [6, 6.07) is 12.5. The lowest BCUT2D eigenvalue weighted by Crippen LogP contribution is -2.23. The van der Waals surface area contributed by atoms with E-state index in [1.165, 1.54) is 6.07 Å². The van der Waals surface area contributed by atoms with Crippen LogP contribution in [0.15, 0.2) is 73.4 Å². The van der Waals surface area contributed by atoms with E-state index in [0.29, 0.717) is 24.1 Å². The van der Waals surface area contributed by atoms with Gasteiger partial charge in [-0.25, -0.2) is 4.39 Å². The number of nitrogens with zero attached hydrogens (tertiary/aromatic N) is 4. The standard InChI is InChI=1S/C26H23FN6O/c1-17-13-30-25-12-24(27)20(11-23(17)25)15-31-26(34)19-5-7-28-22(10-19)9-18-3-4-21(29-14-18)16-33-8-2-6-32-33/h2-8,10-14,30H,9,15-16H2,1H3,(H,31,34). The van der Waals surface area contributed by atoms with E-state index in [-0.39, 0.29) is 18.3 Å². The Morgan fingerprint density at radius 3 is 2.82 bits per heavy atom. The second-order valence-corrected chi connectivity index (χ2v) is 8.22. The van der Waals surface area contributed by atoms with Crippen molar-refractivity contribution >= 4 is 16.8 Å². The largest absolute Gasteiger partial charge is 0.361 e. The van der Waals surface area contributed by atoms with Crippen LogP contribution in [0.3, 0.4) is 0 Å². The summed E-state index contributed by atoms with van der Waals surface area (Å²) >= 11 is 0. The minimum absolute atomic E-state index is 0.102. The predicted octanol–water partition coefficient (Wildman–Crippen LogP) is 4.17. The van der Waals surface area contributed by atoms with E-state index in [9.17, 15) is 9.18 Å². The number of benzene rings is 1. The molecule has 0 unspecified atom stereocenters. The lowest BCUT2D eigenvalue weighted by Gasteiger charge is -2.09. The Morgan fingerprint density at radius 1 is 1.12 bits per heavy atom. The van der Waals surface area contributed by atoms with Gasteiger partial charge in [-0.15, -0.1) is 0 Å². The number of carbonyl (C=O) groups is 1. The molecule has 0 bridgehead atoms. The van der Waals surface area contributed by atoms with Gasteiger partial charge >= 0.3 is 0 Å². The van der Waals surface area contributed by atoms with Gasteiger partial charge in [-0.1, -0.05) is 6.07 Å². The molecule has 0 saturated heterocycles. The fraction of sp³-hybridized carbons (Fsp3) is 0.154. The second-order valence-electron chi connectivity index (χ2n) is 8.22. The number of aromatic nitrogens is 5. The van der Waals surface area contributed by atoms with Crippen LogP contribution in [-0.4, -0.2) is 30.6 Å². The number of amides is 1. The maximum Gasteiger partial charge on any atom is 0.251 e. The van der Waals surface area contributed by atoms with Crippen molar-refractivity contribution < 1.29 is 9.18 Å². The van der Waals surface area contributed by atoms with Gasteiger partial charge in [-0.2, -0.15) is 5.10 Å². The molecule has 0 fully saturated rings. The predicted molar refractivity (Wildman–Crippen MR) is 127 cm³/mol. The van der Waals surface area contributed by atoms with Gasteiger partial charge in [0.15, 0.2) is 0 Å². The van der Waals surface area contributed by atoms with Gasteiger partial charge < -0.3 is 10.3 Å². The summed E-state index contributed by atoms with van der Waals surface area (Å²) in [6.07, 6.45) is 9.45. The fourth-order valence-electron chi connectivity index (χ4n) is 3.88. The third kappa shape index (κ3) is 4.71. The number of hydrogen-bond donors (Lipinski definition) is 2. The molecule has 34 heavy (non-hydrogen) atoms. The monoisotopic (exact) mass is 454 g/mol. The highest BCUT2D eigenvalue weighted by Gasteiger charge is 2.12. The number of halogens is 1. The smallest absolute Gasteiger partial charge is 0.251 e. The summed E-state index contributed by atoms with van der Waals surface area (Å²) < 4.78 is 16.2. The Morgan fingerprint density at radius 2 is 2.03 bits per heavy atom. The molecule has 0 aliphatic carbocycles. The molecule has 0 saturated carbocycles. The molecule has 1 aromatic carbocycles. The lowest BCUT2D eigenvalue weighted by atomic mass is 10.1. The van der Waals surface area contributed by atoms with Crippen molar-refractivity contribution in [2.45, 2.75) is 26.4 Å². The molecule has 2 N–H and O–H groups in total. The highest BCUT2D eigenvalue weighted by Crippen LogP contribution is 2.22. The van der Waals surface area contributed by atoms with Gasteiger partial charge in [0.05, 0.1) is 12.2 Å². The van der Waals surface area contributed by atoms with Crippen LogP contribution in [0, 0.1) is 12.7 Å². The fourth-order valence-corrected chi connectivity index (χ4v) is 3.88. The number of fused-ring (bicyclic) bond motifs is 1. The SMILES string of the molecule is Cc1c[nH]c2cc(F)c(CNC(=O)c3ccnc(Cc4ccc(Cn5cccn5)nc4)c3)cc12. The number of carbonyl (C=O) groups excluding carboxylic acids is 1. The first kappa shape index (κ1) is 21.5. The van der Waals surface area contributed by atoms with Crippen molar-refractivity contribution in [3.8, 4) is 0 Å². The van der Waals surface area contributed by atoms with Crippen LogP contribution >= 0.6 is 0 Å². The number of nitrogens with one attached hydrogen (secondary N) is 2. The van der Waals surface area contributed by atoms with E-state index >= 15 is 0 Å². The van der Waals surface area contributed by atoms with Gasteiger partial charge in [-0.05, 0) is 54.4 Å². The molecular weight excluding hydrogens is 431 g/mol. The first-order chi connectivity index (χ1) is 16.5. The molecule has 1 amide bonds. The average molecular weight is 455 g/mol. The summed E-state index contributed by atoms with van der Waals surface area (Å²) in [7, 11) is 0. The lowest BCUT2D eigenvalue weighted by molar-refractivity contribution is 0.0950. The third-order valence-corrected chi connectivity index (χ3v) is 5.73. The van der Waals surface area contributed by atoms with Gasteiger partial charge in [0, 0.05) is 71.7 Å². The number of rotatable bonds is 7. The quantitative estimate of drug-likeness (QED) is 0.386. The van der Waals surface area contributed by atoms with E-state index in [1.807, 2.05) is 48.4 Å². The topological polar surface area (TPSA) is 88.5 Å². The van der Waals surface area contributed by atoms with Crippen LogP contribution in [0.4, 0.5) is 4.39 Å². The molecule has 7 nitrogen and oxygen atoms in total. The highest BCUT2D eigenvalue weighted by atomic mass is 19.1. The molecule has 170 valence electrons. The molecule has 0 spiro atoms. The highest BCUT2D eigenvalue weighted by molar-refractivity contribution is 5.94. The van der Waals surface area contributed by atoms with Crippen molar-refractivity contribution in [1.82, 2.24) is 30.0 Å². The number of aryl methyl sites for hydroxylation is 1. The first-order valence-electron chi connectivity index (χ1n) is 11.0. The number of hydrogen-bond acceptors (Lipinski definition) is 4. The van der Waals surface area contributed by atoms with E-state index in [4.69, 9.17) is 0 Å². The molecule has 0 aliphatic rings. The van der Waals surface area contributed by atoms with E-state index in [0.717, 1.165) is 33.4 Å². The zero-order chi connectivity index (χ0) is 23.5. The third-order valence-electron chi connectivity index (χ3n) is 5.73. The summed E-state index contributed by atoms with van der Waals surface area (Å²) in [5, 5.41) is 7.95. The van der Waals surface area contributed by atoms with Crippen molar-refractivity contribution in [2.24, 2.45) is 0 Å². The van der Waals surface area contributed by atoms with E-state index in [2.05, 4.69) is 25.4 Å². The second kappa shape index (κ2) is 9.27. The van der Waals surface area contributed by atoms with Gasteiger partial charge in [0.1, 0.15) is 5.82 Å². The molecular formula is C26H23FN6O. The van der Waals surface area contributed by atoms with Crippen LogP contribution in [0.1, 0.15) is 38.4 Å².